The average Bonchev–Trinajstić information content (AvgIpc) is 2.89. The molecule has 2 aliphatic heterocycles. The van der Waals surface area contributed by atoms with Gasteiger partial charge in [0.25, 0.3) is 17.4 Å². The topological polar surface area (TPSA) is 92.7 Å². The molecule has 1 saturated heterocycles. The van der Waals surface area contributed by atoms with Crippen LogP contribution in [0, 0.1) is 5.92 Å². The van der Waals surface area contributed by atoms with Gasteiger partial charge in [-0.2, -0.15) is 0 Å². The zero-order valence-electron chi connectivity index (χ0n) is 20.6. The Morgan fingerprint density at radius 2 is 1.86 bits per heavy atom. The zero-order valence-corrected chi connectivity index (χ0v) is 21.3. The highest BCUT2D eigenvalue weighted by atomic mass is 35.5. The lowest BCUT2D eigenvalue weighted by Crippen LogP contribution is -2.47. The van der Waals surface area contributed by atoms with Gasteiger partial charge in [0.15, 0.2) is 0 Å². The Kier molecular flexibility index (Phi) is 7.30. The summed E-state index contributed by atoms with van der Waals surface area (Å²) in [5.74, 6) is -0.0976. The van der Waals surface area contributed by atoms with Gasteiger partial charge in [-0.1, -0.05) is 29.8 Å². The van der Waals surface area contributed by atoms with E-state index in [0.717, 1.165) is 24.3 Å². The lowest BCUT2D eigenvalue weighted by molar-refractivity contribution is 0.0936. The number of methoxy groups -OCH3 is 1. The van der Waals surface area contributed by atoms with E-state index < -0.39 is 0 Å². The Bertz CT molecular complexity index is 1390. The minimum absolute atomic E-state index is 0.0391. The fourth-order valence-corrected chi connectivity index (χ4v) is 5.57. The van der Waals surface area contributed by atoms with Crippen LogP contribution < -0.4 is 21.1 Å². The summed E-state index contributed by atoms with van der Waals surface area (Å²) in [6.07, 6.45) is 1.02. The molecule has 8 nitrogen and oxygen atoms in total. The van der Waals surface area contributed by atoms with Crippen LogP contribution in [-0.2, 0) is 11.3 Å². The fourth-order valence-electron chi connectivity index (χ4n) is 5.35. The number of aromatic nitrogens is 1. The first kappa shape index (κ1) is 25.0. The first-order valence-electron chi connectivity index (χ1n) is 12.4. The molecule has 1 aromatic heterocycles. The van der Waals surface area contributed by atoms with Gasteiger partial charge in [0.2, 0.25) is 0 Å². The van der Waals surface area contributed by atoms with Gasteiger partial charge in [-0.15, -0.1) is 0 Å². The fraction of sp³-hybridized carbons (Fsp3) is 0.321. The molecule has 9 heteroatoms. The Morgan fingerprint density at radius 3 is 2.68 bits per heavy atom. The predicted octanol–water partition coefficient (Wildman–Crippen LogP) is 3.75. The maximum Gasteiger partial charge on any atom is 0.257 e. The molecule has 2 bridgehead atoms. The molecular weight excluding hydrogens is 492 g/mol. The van der Waals surface area contributed by atoms with E-state index in [0.29, 0.717) is 54.0 Å². The number of pyridine rings is 1. The van der Waals surface area contributed by atoms with Crippen molar-refractivity contribution in [3.05, 3.63) is 92.9 Å². The van der Waals surface area contributed by atoms with E-state index in [9.17, 15) is 14.4 Å². The Labute approximate surface area is 220 Å². The Balaban J connectivity index is 1.47. The molecule has 2 atom stereocenters. The molecule has 2 aromatic carbocycles. The summed E-state index contributed by atoms with van der Waals surface area (Å²) in [6.45, 7) is 2.90. The summed E-state index contributed by atoms with van der Waals surface area (Å²) in [4.78, 5) is 40.6. The monoisotopic (exact) mass is 520 g/mol. The predicted molar refractivity (Wildman–Crippen MR) is 144 cm³/mol. The molecular formula is C28H29ClN4O4. The van der Waals surface area contributed by atoms with Crippen molar-refractivity contribution >= 4 is 34.8 Å². The van der Waals surface area contributed by atoms with Crippen LogP contribution in [0.15, 0.2) is 65.5 Å². The smallest absolute Gasteiger partial charge is 0.257 e. The normalized spacial score (nSPS) is 18.2. The van der Waals surface area contributed by atoms with Crippen molar-refractivity contribution in [1.29, 1.82) is 0 Å². The van der Waals surface area contributed by atoms with Crippen LogP contribution in [0.4, 0.5) is 11.4 Å². The van der Waals surface area contributed by atoms with E-state index in [-0.39, 0.29) is 23.3 Å². The number of fused-ring (bicyclic) bond motifs is 4. The van der Waals surface area contributed by atoms with Gasteiger partial charge < -0.3 is 24.8 Å². The second-order valence-electron chi connectivity index (χ2n) is 9.52. The number of rotatable bonds is 7. The van der Waals surface area contributed by atoms with Crippen LogP contribution in [0.1, 0.15) is 38.7 Å². The summed E-state index contributed by atoms with van der Waals surface area (Å²) < 4.78 is 6.91. The van der Waals surface area contributed by atoms with Gasteiger partial charge in [0.1, 0.15) is 0 Å². The quantitative estimate of drug-likeness (QED) is 0.463. The van der Waals surface area contributed by atoms with Crippen LogP contribution in [-0.4, -0.2) is 49.7 Å². The van der Waals surface area contributed by atoms with Crippen molar-refractivity contribution < 1.29 is 14.3 Å². The van der Waals surface area contributed by atoms with Crippen molar-refractivity contribution in [2.75, 3.05) is 43.6 Å². The number of halogens is 1. The lowest BCUT2D eigenvalue weighted by Gasteiger charge is -2.44. The number of benzene rings is 2. The molecule has 3 aromatic rings. The van der Waals surface area contributed by atoms with Crippen LogP contribution in [0.2, 0.25) is 5.02 Å². The van der Waals surface area contributed by atoms with Crippen molar-refractivity contribution in [2.24, 2.45) is 5.92 Å². The number of anilines is 2. The summed E-state index contributed by atoms with van der Waals surface area (Å²) in [7, 11) is 1.58. The molecule has 2 N–H and O–H groups in total. The molecule has 192 valence electrons. The van der Waals surface area contributed by atoms with E-state index >= 15 is 0 Å². The van der Waals surface area contributed by atoms with Gasteiger partial charge in [-0.05, 0) is 48.7 Å². The van der Waals surface area contributed by atoms with Crippen molar-refractivity contribution in [1.82, 2.24) is 9.88 Å². The van der Waals surface area contributed by atoms with E-state index in [4.69, 9.17) is 16.3 Å². The third-order valence-corrected chi connectivity index (χ3v) is 7.37. The molecule has 0 spiro atoms. The third kappa shape index (κ3) is 5.26. The second kappa shape index (κ2) is 10.8. The molecule has 5 rings (SSSR count). The maximum atomic E-state index is 13.2. The Hall–Kier alpha value is -3.62. The average molecular weight is 521 g/mol. The number of piperidine rings is 1. The Morgan fingerprint density at radius 1 is 1.03 bits per heavy atom. The summed E-state index contributed by atoms with van der Waals surface area (Å²) in [6, 6.07) is 17.7. The van der Waals surface area contributed by atoms with Crippen molar-refractivity contribution in [2.45, 2.75) is 18.9 Å². The lowest BCUT2D eigenvalue weighted by atomic mass is 9.83. The number of nitrogens with zero attached hydrogens (tertiary/aromatic N) is 2. The molecule has 2 amide bonds. The van der Waals surface area contributed by atoms with Gasteiger partial charge in [0, 0.05) is 56.5 Å². The van der Waals surface area contributed by atoms with Gasteiger partial charge in [0.05, 0.1) is 28.6 Å². The first-order chi connectivity index (χ1) is 17.9. The minimum atomic E-state index is -0.349. The van der Waals surface area contributed by atoms with Gasteiger partial charge in [-0.3, -0.25) is 14.4 Å². The highest BCUT2D eigenvalue weighted by Crippen LogP contribution is 2.39. The number of hydrogen-bond acceptors (Lipinski definition) is 5. The van der Waals surface area contributed by atoms with Crippen molar-refractivity contribution in [3.63, 3.8) is 0 Å². The number of carbonyl (C=O) groups is 2. The SMILES string of the molecule is COCCNC(=O)c1ccc(N2C[C@H]3C[C@@H](C2)c2cccc(=O)n2C3)c(NC(=O)c2ccccc2Cl)c1. The third-order valence-electron chi connectivity index (χ3n) is 7.04. The highest BCUT2D eigenvalue weighted by molar-refractivity contribution is 6.34. The van der Waals surface area contributed by atoms with Gasteiger partial charge >= 0.3 is 0 Å². The second-order valence-corrected chi connectivity index (χ2v) is 9.92. The molecule has 3 heterocycles. The first-order valence-corrected chi connectivity index (χ1v) is 12.7. The zero-order chi connectivity index (χ0) is 25.9. The van der Waals surface area contributed by atoms with Gasteiger partial charge in [-0.25, -0.2) is 0 Å². The number of carbonyl (C=O) groups excluding carboxylic acids is 2. The highest BCUT2D eigenvalue weighted by Gasteiger charge is 2.35. The van der Waals surface area contributed by atoms with E-state index in [1.165, 1.54) is 0 Å². The number of hydrogen-bond donors (Lipinski definition) is 2. The molecule has 0 unspecified atom stereocenters. The molecule has 2 aliphatic rings. The summed E-state index contributed by atoms with van der Waals surface area (Å²) >= 11 is 6.28. The van der Waals surface area contributed by atoms with E-state index in [1.807, 2.05) is 22.8 Å². The number of amides is 2. The molecule has 0 aliphatic carbocycles. The number of nitrogens with one attached hydrogen (secondary N) is 2. The van der Waals surface area contributed by atoms with Crippen LogP contribution >= 0.6 is 11.6 Å². The minimum Gasteiger partial charge on any atom is -0.383 e. The number of ether oxygens (including phenoxy) is 1. The van der Waals surface area contributed by atoms with Crippen LogP contribution in [0.25, 0.3) is 0 Å². The van der Waals surface area contributed by atoms with Crippen LogP contribution in [0.5, 0.6) is 0 Å². The van der Waals surface area contributed by atoms with E-state index in [1.54, 1.807) is 49.6 Å². The van der Waals surface area contributed by atoms with Crippen molar-refractivity contribution in [3.8, 4) is 0 Å². The van der Waals surface area contributed by atoms with Crippen LogP contribution in [0.3, 0.4) is 0 Å². The van der Waals surface area contributed by atoms with E-state index in [2.05, 4.69) is 15.5 Å². The molecule has 37 heavy (non-hydrogen) atoms. The molecule has 0 radical (unpaired) electrons. The molecule has 1 fully saturated rings. The largest absolute Gasteiger partial charge is 0.383 e. The summed E-state index contributed by atoms with van der Waals surface area (Å²) in [5, 5.41) is 6.17. The maximum absolute atomic E-state index is 13.2. The standard InChI is InChI=1S/C28H29ClN4O4/c1-37-12-11-30-27(35)19-9-10-25(23(14-19)31-28(36)21-5-2-3-6-22(21)29)32-15-18-13-20(17-32)24-7-4-8-26(34)33(24)16-18/h2-10,14,18,20H,11-13,15-17H2,1H3,(H,30,35)(H,31,36)/t18-,20+/m1/s1. The molecule has 0 saturated carbocycles. The summed E-state index contributed by atoms with van der Waals surface area (Å²) in [5.41, 5.74) is 3.24.